The summed E-state index contributed by atoms with van der Waals surface area (Å²) in [6, 6.07) is 12.0. The largest absolute Gasteiger partial charge is 0.339 e. The van der Waals surface area contributed by atoms with Crippen LogP contribution in [0, 0.1) is 6.92 Å². The van der Waals surface area contributed by atoms with Gasteiger partial charge < -0.3 is 4.52 Å². The van der Waals surface area contributed by atoms with Crippen LogP contribution in [0.25, 0.3) is 16.4 Å². The van der Waals surface area contributed by atoms with Crippen LogP contribution >= 0.6 is 23.1 Å². The van der Waals surface area contributed by atoms with Crippen molar-refractivity contribution in [1.82, 2.24) is 30.3 Å². The van der Waals surface area contributed by atoms with Gasteiger partial charge in [-0.25, -0.2) is 0 Å². The van der Waals surface area contributed by atoms with Gasteiger partial charge in [-0.15, -0.1) is 16.4 Å². The molecular formula is C17H16N6OS2. The SMILES string of the molecule is Cc1ccccc1-n1nnnc1SCCCc1nc(-c2cccs2)no1. The van der Waals surface area contributed by atoms with Crippen LogP contribution in [0.3, 0.4) is 0 Å². The number of nitrogens with zero attached hydrogens (tertiary/aromatic N) is 6. The van der Waals surface area contributed by atoms with Gasteiger partial charge >= 0.3 is 0 Å². The molecule has 0 spiro atoms. The minimum Gasteiger partial charge on any atom is -0.339 e. The zero-order valence-electron chi connectivity index (χ0n) is 14.1. The average Bonchev–Trinajstić information content (AvgIpc) is 3.39. The van der Waals surface area contributed by atoms with Crippen LogP contribution < -0.4 is 0 Å². The summed E-state index contributed by atoms with van der Waals surface area (Å²) in [5.74, 6) is 2.18. The number of aryl methyl sites for hydroxylation is 2. The molecule has 1 aromatic carbocycles. The summed E-state index contributed by atoms with van der Waals surface area (Å²) in [6.45, 7) is 2.05. The predicted octanol–water partition coefficient (Wildman–Crippen LogP) is 3.81. The van der Waals surface area contributed by atoms with Gasteiger partial charge in [0.2, 0.25) is 16.9 Å². The van der Waals surface area contributed by atoms with Crippen molar-refractivity contribution in [2.75, 3.05) is 5.75 Å². The van der Waals surface area contributed by atoms with E-state index in [0.29, 0.717) is 11.7 Å². The van der Waals surface area contributed by atoms with E-state index in [-0.39, 0.29) is 0 Å². The van der Waals surface area contributed by atoms with Crippen LogP contribution in [0.1, 0.15) is 17.9 Å². The topological polar surface area (TPSA) is 82.5 Å². The molecule has 0 atom stereocenters. The Labute approximate surface area is 158 Å². The van der Waals surface area contributed by atoms with Crippen molar-refractivity contribution in [1.29, 1.82) is 0 Å². The zero-order chi connectivity index (χ0) is 17.8. The molecule has 0 saturated carbocycles. The summed E-state index contributed by atoms with van der Waals surface area (Å²) in [6.07, 6.45) is 1.63. The Morgan fingerprint density at radius 3 is 2.96 bits per heavy atom. The van der Waals surface area contributed by atoms with Crippen LogP contribution in [0.5, 0.6) is 0 Å². The first-order valence-electron chi connectivity index (χ1n) is 8.15. The van der Waals surface area contributed by atoms with E-state index in [4.69, 9.17) is 4.52 Å². The number of hydrogen-bond donors (Lipinski definition) is 0. The molecule has 4 rings (SSSR count). The lowest BCUT2D eigenvalue weighted by atomic mass is 10.2. The number of tetrazole rings is 1. The molecule has 3 aromatic heterocycles. The normalized spacial score (nSPS) is 11.1. The molecule has 0 bridgehead atoms. The number of rotatable bonds is 7. The van der Waals surface area contributed by atoms with E-state index in [1.54, 1.807) is 27.8 Å². The van der Waals surface area contributed by atoms with Crippen molar-refractivity contribution in [3.05, 3.63) is 53.2 Å². The second kappa shape index (κ2) is 7.79. The first-order chi connectivity index (χ1) is 12.8. The maximum atomic E-state index is 5.33. The quantitative estimate of drug-likeness (QED) is 0.354. The van der Waals surface area contributed by atoms with Crippen LogP contribution in [0.2, 0.25) is 0 Å². The van der Waals surface area contributed by atoms with Crippen LogP contribution in [-0.4, -0.2) is 36.1 Å². The summed E-state index contributed by atoms with van der Waals surface area (Å²) in [7, 11) is 0. The van der Waals surface area contributed by atoms with E-state index in [0.717, 1.165) is 39.9 Å². The lowest BCUT2D eigenvalue weighted by molar-refractivity contribution is 0.378. The highest BCUT2D eigenvalue weighted by atomic mass is 32.2. The first kappa shape index (κ1) is 16.9. The zero-order valence-corrected chi connectivity index (χ0v) is 15.7. The third kappa shape index (κ3) is 3.68. The number of thioether (sulfide) groups is 1. The molecule has 4 aromatic rings. The van der Waals surface area contributed by atoms with Gasteiger partial charge in [0.25, 0.3) is 0 Å². The summed E-state index contributed by atoms with van der Waals surface area (Å²) in [4.78, 5) is 5.46. The predicted molar refractivity (Wildman–Crippen MR) is 101 cm³/mol. The third-order valence-electron chi connectivity index (χ3n) is 3.76. The Morgan fingerprint density at radius 2 is 2.12 bits per heavy atom. The summed E-state index contributed by atoms with van der Waals surface area (Å²) in [5.41, 5.74) is 2.13. The standard InChI is InChI=1S/C17H16N6OS2/c1-12-6-2-3-7-13(12)23-17(19-21-22-23)26-11-5-9-15-18-16(20-24-15)14-8-4-10-25-14/h2-4,6-8,10H,5,9,11H2,1H3. The number of aromatic nitrogens is 6. The van der Waals surface area contributed by atoms with Crippen molar-refractivity contribution in [2.45, 2.75) is 24.9 Å². The van der Waals surface area contributed by atoms with Gasteiger partial charge in [0.15, 0.2) is 0 Å². The Kier molecular flexibility index (Phi) is 5.07. The minimum atomic E-state index is 0.658. The number of thiophene rings is 1. The summed E-state index contributed by atoms with van der Waals surface area (Å²) >= 11 is 3.22. The number of para-hydroxylation sites is 1. The molecule has 0 aliphatic carbocycles. The van der Waals surface area contributed by atoms with Crippen LogP contribution in [0.15, 0.2) is 51.5 Å². The maximum absolute atomic E-state index is 5.33. The molecule has 0 fully saturated rings. The molecule has 0 aliphatic rings. The Morgan fingerprint density at radius 1 is 1.19 bits per heavy atom. The minimum absolute atomic E-state index is 0.658. The van der Waals surface area contributed by atoms with Gasteiger partial charge in [-0.2, -0.15) is 9.67 Å². The Hall–Kier alpha value is -2.52. The summed E-state index contributed by atoms with van der Waals surface area (Å²) < 4.78 is 7.10. The molecular weight excluding hydrogens is 368 g/mol. The molecule has 7 nitrogen and oxygen atoms in total. The van der Waals surface area contributed by atoms with E-state index in [2.05, 4.69) is 25.7 Å². The smallest absolute Gasteiger partial charge is 0.227 e. The van der Waals surface area contributed by atoms with Gasteiger partial charge in [-0.05, 0) is 46.8 Å². The second-order valence-corrected chi connectivity index (χ2v) is 7.61. The highest BCUT2D eigenvalue weighted by molar-refractivity contribution is 7.99. The summed E-state index contributed by atoms with van der Waals surface area (Å²) in [5, 5.41) is 18.9. The lowest BCUT2D eigenvalue weighted by Crippen LogP contribution is -2.01. The highest BCUT2D eigenvalue weighted by Crippen LogP contribution is 2.23. The fourth-order valence-corrected chi connectivity index (χ4v) is 3.94. The van der Waals surface area contributed by atoms with Gasteiger partial charge in [0.05, 0.1) is 10.6 Å². The molecule has 0 N–H and O–H groups in total. The fourth-order valence-electron chi connectivity index (χ4n) is 2.47. The van der Waals surface area contributed by atoms with Crippen molar-refractivity contribution in [2.24, 2.45) is 0 Å². The van der Waals surface area contributed by atoms with Gasteiger partial charge in [-0.3, -0.25) is 0 Å². The Bertz CT molecular complexity index is 979. The highest BCUT2D eigenvalue weighted by Gasteiger charge is 2.12. The van der Waals surface area contributed by atoms with E-state index in [1.165, 1.54) is 0 Å². The van der Waals surface area contributed by atoms with Crippen LogP contribution in [-0.2, 0) is 6.42 Å². The number of hydrogen-bond acceptors (Lipinski definition) is 8. The average molecular weight is 384 g/mol. The molecule has 9 heteroatoms. The van der Waals surface area contributed by atoms with Crippen molar-refractivity contribution in [3.8, 4) is 16.4 Å². The monoisotopic (exact) mass is 384 g/mol. The lowest BCUT2D eigenvalue weighted by Gasteiger charge is -2.06. The molecule has 0 radical (unpaired) electrons. The van der Waals surface area contributed by atoms with Crippen LogP contribution in [0.4, 0.5) is 0 Å². The maximum Gasteiger partial charge on any atom is 0.227 e. The van der Waals surface area contributed by atoms with Gasteiger partial charge in [0.1, 0.15) is 0 Å². The van der Waals surface area contributed by atoms with E-state index >= 15 is 0 Å². The fraction of sp³-hybridized carbons (Fsp3) is 0.235. The van der Waals surface area contributed by atoms with Crippen molar-refractivity contribution < 1.29 is 4.52 Å². The van der Waals surface area contributed by atoms with E-state index in [1.807, 2.05) is 48.7 Å². The number of benzene rings is 1. The Balaban J connectivity index is 1.34. The van der Waals surface area contributed by atoms with Gasteiger partial charge in [0, 0.05) is 12.2 Å². The van der Waals surface area contributed by atoms with Crippen molar-refractivity contribution >= 4 is 23.1 Å². The third-order valence-corrected chi connectivity index (χ3v) is 5.63. The molecule has 3 heterocycles. The molecule has 0 aliphatic heterocycles. The first-order valence-corrected chi connectivity index (χ1v) is 10.0. The van der Waals surface area contributed by atoms with Gasteiger partial charge in [-0.1, -0.05) is 41.2 Å². The molecule has 0 saturated heterocycles. The van der Waals surface area contributed by atoms with Crippen molar-refractivity contribution in [3.63, 3.8) is 0 Å². The molecule has 0 unspecified atom stereocenters. The second-order valence-electron chi connectivity index (χ2n) is 5.60. The molecule has 132 valence electrons. The van der Waals surface area contributed by atoms with E-state index < -0.39 is 0 Å². The molecule has 26 heavy (non-hydrogen) atoms. The van der Waals surface area contributed by atoms with E-state index in [9.17, 15) is 0 Å². The molecule has 0 amide bonds.